The Morgan fingerprint density at radius 2 is 1.89 bits per heavy atom. The number of rotatable bonds is 9. The van der Waals surface area contributed by atoms with Gasteiger partial charge >= 0.3 is 0 Å². The second-order valence-corrected chi connectivity index (χ2v) is 10.4. The fourth-order valence-corrected chi connectivity index (χ4v) is 5.45. The van der Waals surface area contributed by atoms with Crippen molar-refractivity contribution in [3.63, 3.8) is 0 Å². The van der Waals surface area contributed by atoms with Gasteiger partial charge in [-0.25, -0.2) is 14.4 Å². The maximum atomic E-state index is 13.7. The number of imidazole rings is 1. The Kier molecular flexibility index (Phi) is 8.03. The van der Waals surface area contributed by atoms with Crippen LogP contribution in [0.3, 0.4) is 0 Å². The highest BCUT2D eigenvalue weighted by Crippen LogP contribution is 2.32. The summed E-state index contributed by atoms with van der Waals surface area (Å²) in [6.45, 7) is 3.43. The monoisotopic (exact) mass is 521 g/mol. The van der Waals surface area contributed by atoms with Crippen molar-refractivity contribution in [2.45, 2.75) is 57.3 Å². The van der Waals surface area contributed by atoms with Crippen LogP contribution >= 0.6 is 11.6 Å². The molecule has 2 heterocycles. The fourth-order valence-electron chi connectivity index (χ4n) is 5.24. The number of methoxy groups -OCH3 is 1. The standard InChI is InChI=1S/C29H33ClFN5O/c1-19(17-37-2)34-23-7-9-24(10-8-23)35-29-14-25(26(30)15-32-29)21-6-11-27-28(13-21)36(18-33-27)16-20-4-3-5-22(31)12-20/h3-6,11-15,18-19,23-24,34H,7-10,16-17H2,1-2H3,(H,32,35)/t19?,23-,24-. The zero-order valence-electron chi connectivity index (χ0n) is 21.3. The Hall–Kier alpha value is -3.00. The molecule has 194 valence electrons. The van der Waals surface area contributed by atoms with Crippen LogP contribution < -0.4 is 10.6 Å². The average Bonchev–Trinajstić information content (AvgIpc) is 3.28. The lowest BCUT2D eigenvalue weighted by atomic mass is 9.90. The summed E-state index contributed by atoms with van der Waals surface area (Å²) in [5, 5.41) is 7.89. The van der Waals surface area contributed by atoms with Gasteiger partial charge in [0.2, 0.25) is 0 Å². The molecule has 1 atom stereocenters. The number of ether oxygens (including phenoxy) is 1. The van der Waals surface area contributed by atoms with Crippen LogP contribution in [0.25, 0.3) is 22.2 Å². The molecule has 1 aliphatic carbocycles. The lowest BCUT2D eigenvalue weighted by Crippen LogP contribution is -2.42. The summed E-state index contributed by atoms with van der Waals surface area (Å²) in [7, 11) is 1.74. The van der Waals surface area contributed by atoms with Crippen molar-refractivity contribution in [3.8, 4) is 11.1 Å². The minimum Gasteiger partial charge on any atom is -0.383 e. The maximum Gasteiger partial charge on any atom is 0.126 e. The molecule has 1 aliphatic rings. The van der Waals surface area contributed by atoms with Gasteiger partial charge in [-0.1, -0.05) is 29.8 Å². The van der Waals surface area contributed by atoms with E-state index < -0.39 is 0 Å². The molecule has 37 heavy (non-hydrogen) atoms. The summed E-state index contributed by atoms with van der Waals surface area (Å²) >= 11 is 6.61. The molecule has 5 rings (SSSR count). The molecule has 2 N–H and O–H groups in total. The van der Waals surface area contributed by atoms with Gasteiger partial charge in [-0.15, -0.1) is 0 Å². The van der Waals surface area contributed by atoms with Crippen LogP contribution in [0.5, 0.6) is 0 Å². The Bertz CT molecular complexity index is 1350. The van der Waals surface area contributed by atoms with Crippen LogP contribution in [0.15, 0.2) is 61.1 Å². The second-order valence-electron chi connectivity index (χ2n) is 9.97. The zero-order valence-corrected chi connectivity index (χ0v) is 22.0. The van der Waals surface area contributed by atoms with E-state index in [1.165, 1.54) is 6.07 Å². The molecule has 1 unspecified atom stereocenters. The molecule has 0 amide bonds. The second kappa shape index (κ2) is 11.6. The van der Waals surface area contributed by atoms with Crippen molar-refractivity contribution >= 4 is 28.5 Å². The number of nitrogens with one attached hydrogen (secondary N) is 2. The van der Waals surface area contributed by atoms with Crippen molar-refractivity contribution < 1.29 is 9.13 Å². The molecule has 1 fully saturated rings. The van der Waals surface area contributed by atoms with Crippen LogP contribution in [0.1, 0.15) is 38.2 Å². The van der Waals surface area contributed by atoms with E-state index in [-0.39, 0.29) is 5.82 Å². The Labute approximate surface area is 222 Å². The van der Waals surface area contributed by atoms with Crippen LogP contribution in [-0.2, 0) is 11.3 Å². The van der Waals surface area contributed by atoms with Crippen LogP contribution in [0.2, 0.25) is 5.02 Å². The molecule has 0 bridgehead atoms. The van der Waals surface area contributed by atoms with Gasteiger partial charge in [-0.3, -0.25) is 0 Å². The summed E-state index contributed by atoms with van der Waals surface area (Å²) in [6.07, 6.45) is 7.93. The number of aromatic nitrogens is 3. The number of benzene rings is 2. The highest BCUT2D eigenvalue weighted by molar-refractivity contribution is 6.33. The molecule has 6 nitrogen and oxygen atoms in total. The van der Waals surface area contributed by atoms with Gasteiger partial charge in [-0.2, -0.15) is 0 Å². The number of hydrogen-bond donors (Lipinski definition) is 2. The average molecular weight is 522 g/mol. The lowest BCUT2D eigenvalue weighted by molar-refractivity contribution is 0.161. The highest BCUT2D eigenvalue weighted by atomic mass is 35.5. The molecule has 2 aromatic heterocycles. The highest BCUT2D eigenvalue weighted by Gasteiger charge is 2.22. The number of pyridine rings is 1. The van der Waals surface area contributed by atoms with Crippen LogP contribution in [-0.4, -0.2) is 46.4 Å². The molecular weight excluding hydrogens is 489 g/mol. The van der Waals surface area contributed by atoms with Crippen molar-refractivity contribution in [1.29, 1.82) is 0 Å². The predicted octanol–water partition coefficient (Wildman–Crippen LogP) is 6.29. The first-order chi connectivity index (χ1) is 18.0. The zero-order chi connectivity index (χ0) is 25.8. The Balaban J connectivity index is 1.30. The van der Waals surface area contributed by atoms with E-state index in [4.69, 9.17) is 16.3 Å². The third-order valence-electron chi connectivity index (χ3n) is 7.05. The summed E-state index contributed by atoms with van der Waals surface area (Å²) in [5.41, 5.74) is 4.65. The van der Waals surface area contributed by atoms with E-state index in [2.05, 4.69) is 33.6 Å². The minimum atomic E-state index is -0.239. The number of nitrogens with zero attached hydrogens (tertiary/aromatic N) is 3. The molecule has 8 heteroatoms. The SMILES string of the molecule is COCC(C)N[C@H]1CC[C@H](Nc2cc(-c3ccc4ncn(Cc5cccc(F)c5)c4c3)c(Cl)cn2)CC1. The van der Waals surface area contributed by atoms with Crippen molar-refractivity contribution in [3.05, 3.63) is 77.5 Å². The number of anilines is 1. The first-order valence-corrected chi connectivity index (χ1v) is 13.2. The summed E-state index contributed by atoms with van der Waals surface area (Å²) in [6, 6.07) is 16.1. The van der Waals surface area contributed by atoms with Gasteiger partial charge < -0.3 is 19.9 Å². The fraction of sp³-hybridized carbons (Fsp3) is 0.379. The molecular formula is C29H33ClFN5O. The normalized spacial score (nSPS) is 18.7. The van der Waals surface area contributed by atoms with Gasteiger partial charge in [0.05, 0.1) is 29.0 Å². The predicted molar refractivity (Wildman–Crippen MR) is 148 cm³/mol. The summed E-state index contributed by atoms with van der Waals surface area (Å²) in [4.78, 5) is 9.08. The molecule has 4 aromatic rings. The molecule has 0 saturated heterocycles. The Morgan fingerprint density at radius 3 is 2.68 bits per heavy atom. The van der Waals surface area contributed by atoms with E-state index >= 15 is 0 Å². The Morgan fingerprint density at radius 1 is 1.08 bits per heavy atom. The molecule has 2 aromatic carbocycles. The van der Waals surface area contributed by atoms with Crippen LogP contribution in [0, 0.1) is 5.82 Å². The van der Waals surface area contributed by atoms with Crippen molar-refractivity contribution in [2.75, 3.05) is 19.0 Å². The third-order valence-corrected chi connectivity index (χ3v) is 7.35. The molecule has 1 saturated carbocycles. The largest absolute Gasteiger partial charge is 0.383 e. The quantitative estimate of drug-likeness (QED) is 0.271. The summed E-state index contributed by atoms with van der Waals surface area (Å²) in [5.74, 6) is 0.591. The summed E-state index contributed by atoms with van der Waals surface area (Å²) < 4.78 is 21.0. The smallest absolute Gasteiger partial charge is 0.126 e. The minimum absolute atomic E-state index is 0.239. The molecule has 0 spiro atoms. The molecule has 0 aliphatic heterocycles. The van der Waals surface area contributed by atoms with E-state index in [0.29, 0.717) is 29.7 Å². The number of hydrogen-bond acceptors (Lipinski definition) is 5. The van der Waals surface area contributed by atoms with Gasteiger partial charge in [-0.05, 0) is 74.1 Å². The first-order valence-electron chi connectivity index (χ1n) is 12.9. The lowest BCUT2D eigenvalue weighted by Gasteiger charge is -2.32. The first kappa shape index (κ1) is 25.6. The van der Waals surface area contributed by atoms with Gasteiger partial charge in [0.15, 0.2) is 0 Å². The third kappa shape index (κ3) is 6.29. The van der Waals surface area contributed by atoms with Crippen LogP contribution in [0.4, 0.5) is 10.2 Å². The van der Waals surface area contributed by atoms with E-state index in [1.54, 1.807) is 31.8 Å². The van der Waals surface area contributed by atoms with E-state index in [9.17, 15) is 4.39 Å². The van der Waals surface area contributed by atoms with Gasteiger partial charge in [0, 0.05) is 43.5 Å². The molecule has 0 radical (unpaired) electrons. The van der Waals surface area contributed by atoms with Crippen molar-refractivity contribution in [2.24, 2.45) is 0 Å². The maximum absolute atomic E-state index is 13.7. The van der Waals surface area contributed by atoms with E-state index in [1.807, 2.05) is 28.8 Å². The van der Waals surface area contributed by atoms with Crippen molar-refractivity contribution in [1.82, 2.24) is 19.9 Å². The number of fused-ring (bicyclic) bond motifs is 1. The topological polar surface area (TPSA) is 64.0 Å². The van der Waals surface area contributed by atoms with Gasteiger partial charge in [0.25, 0.3) is 0 Å². The van der Waals surface area contributed by atoms with Gasteiger partial charge in [0.1, 0.15) is 11.6 Å². The van der Waals surface area contributed by atoms with E-state index in [0.717, 1.165) is 65.8 Å². The number of halogens is 2.